The van der Waals surface area contributed by atoms with Crippen LogP contribution >= 0.6 is 0 Å². The van der Waals surface area contributed by atoms with Crippen LogP contribution in [0.1, 0.15) is 65.2 Å². The van der Waals surface area contributed by atoms with E-state index in [9.17, 15) is 19.1 Å². The summed E-state index contributed by atoms with van der Waals surface area (Å²) < 4.78 is 21.3. The zero-order chi connectivity index (χ0) is 22.9. The second-order valence-corrected chi connectivity index (χ2v) is 10.3. The van der Waals surface area contributed by atoms with Gasteiger partial charge < -0.3 is 20.1 Å². The molecule has 2 bridgehead atoms. The number of carbonyl (C=O) groups is 2. The van der Waals surface area contributed by atoms with Gasteiger partial charge in [-0.25, -0.2) is 4.39 Å². The first-order valence-electron chi connectivity index (χ1n) is 12.1. The summed E-state index contributed by atoms with van der Waals surface area (Å²) in [6, 6.07) is 0. The Balaban J connectivity index is 1.36. The number of ether oxygens (including phenoxy) is 1. The zero-order valence-corrected chi connectivity index (χ0v) is 19.2. The summed E-state index contributed by atoms with van der Waals surface area (Å²) in [6.07, 6.45) is 3.47. The molecular weight excluding hydrogens is 419 g/mol. The van der Waals surface area contributed by atoms with Crippen molar-refractivity contribution < 1.29 is 33.6 Å². The van der Waals surface area contributed by atoms with Crippen LogP contribution in [0.25, 0.3) is 0 Å². The van der Waals surface area contributed by atoms with E-state index in [0.29, 0.717) is 31.3 Å². The minimum Gasteiger partial charge on any atom is -0.393 e. The summed E-state index contributed by atoms with van der Waals surface area (Å²) in [5, 5.41) is 12.3. The van der Waals surface area contributed by atoms with Crippen molar-refractivity contribution in [1.82, 2.24) is 10.2 Å². The quantitative estimate of drug-likeness (QED) is 0.544. The van der Waals surface area contributed by atoms with Gasteiger partial charge in [-0.3, -0.25) is 9.59 Å². The lowest BCUT2D eigenvalue weighted by molar-refractivity contribution is -0.383. The molecular formula is C23H37FN2O6. The number of hydrogen-bond donors (Lipinski definition) is 2. The third-order valence-electron chi connectivity index (χ3n) is 7.84. The molecule has 1 spiro atoms. The average Bonchev–Trinajstić information content (AvgIpc) is 3.36. The molecule has 2 aliphatic heterocycles. The van der Waals surface area contributed by atoms with Gasteiger partial charge >= 0.3 is 0 Å². The number of nitrogens with zero attached hydrogens (tertiary/aromatic N) is 1. The molecule has 8 nitrogen and oxygen atoms in total. The van der Waals surface area contributed by atoms with Crippen LogP contribution in [0.2, 0.25) is 0 Å². The van der Waals surface area contributed by atoms with Crippen molar-refractivity contribution in [3.8, 4) is 0 Å². The summed E-state index contributed by atoms with van der Waals surface area (Å²) >= 11 is 0. The second-order valence-electron chi connectivity index (χ2n) is 10.3. The van der Waals surface area contributed by atoms with Crippen molar-refractivity contribution in [3.63, 3.8) is 0 Å². The van der Waals surface area contributed by atoms with Gasteiger partial charge in [-0.1, -0.05) is 13.8 Å². The van der Waals surface area contributed by atoms with Crippen LogP contribution in [-0.4, -0.2) is 65.8 Å². The summed E-state index contributed by atoms with van der Waals surface area (Å²) in [7, 11) is 0. The minimum atomic E-state index is -1.83. The molecule has 0 radical (unpaired) electrons. The number of aliphatic hydroxyl groups excluding tert-OH is 1. The second kappa shape index (κ2) is 9.52. The lowest BCUT2D eigenvalue weighted by atomic mass is 9.62. The van der Waals surface area contributed by atoms with Gasteiger partial charge in [-0.05, 0) is 43.9 Å². The molecule has 2 saturated carbocycles. The molecule has 7 atom stereocenters. The highest BCUT2D eigenvalue weighted by Gasteiger charge is 2.64. The number of hydrogen-bond acceptors (Lipinski definition) is 6. The predicted octanol–water partition coefficient (Wildman–Crippen LogP) is 2.30. The lowest BCUT2D eigenvalue weighted by Gasteiger charge is -2.50. The monoisotopic (exact) mass is 456 g/mol. The Labute approximate surface area is 189 Å². The van der Waals surface area contributed by atoms with E-state index in [-0.39, 0.29) is 36.5 Å². The number of halogens is 1. The fraction of sp³-hybridized carbons (Fsp3) is 0.913. The maximum absolute atomic E-state index is 14.9. The lowest BCUT2D eigenvalue weighted by Crippen LogP contribution is -2.55. The molecule has 32 heavy (non-hydrogen) atoms. The van der Waals surface area contributed by atoms with Crippen LogP contribution in [0.3, 0.4) is 0 Å². The number of fused-ring (bicyclic) bond motifs is 3. The normalized spacial score (nSPS) is 40.1. The van der Waals surface area contributed by atoms with E-state index in [1.807, 2.05) is 6.92 Å². The van der Waals surface area contributed by atoms with Gasteiger partial charge in [0.2, 0.25) is 23.4 Å². The number of carbonyl (C=O) groups excluding carboxylic acids is 2. The van der Waals surface area contributed by atoms with E-state index in [2.05, 4.69) is 12.2 Å². The molecule has 4 fully saturated rings. The zero-order valence-electron chi connectivity index (χ0n) is 19.2. The Hall–Kier alpha value is -1.29. The summed E-state index contributed by atoms with van der Waals surface area (Å²) in [4.78, 5) is 37.2. The number of amides is 2. The van der Waals surface area contributed by atoms with Gasteiger partial charge in [0.25, 0.3) is 0 Å². The van der Waals surface area contributed by atoms with E-state index in [0.717, 1.165) is 32.2 Å². The topological polar surface area (TPSA) is 97.3 Å². The van der Waals surface area contributed by atoms with Crippen LogP contribution in [-0.2, 0) is 24.1 Å². The first kappa shape index (κ1) is 23.9. The molecule has 2 heterocycles. The smallest absolute Gasteiger partial charge is 0.238 e. The fourth-order valence-electron chi connectivity index (χ4n) is 6.26. The van der Waals surface area contributed by atoms with Crippen molar-refractivity contribution in [2.75, 3.05) is 26.2 Å². The molecule has 2 amide bonds. The summed E-state index contributed by atoms with van der Waals surface area (Å²) in [6.45, 7) is 5.02. The number of rotatable bonds is 8. The molecule has 2 N–H and O–H groups in total. The Morgan fingerprint density at radius 3 is 2.81 bits per heavy atom. The van der Waals surface area contributed by atoms with Crippen LogP contribution in [0.4, 0.5) is 4.39 Å². The standard InChI is InChI=1S/C23H37FN2O6/c1-15-10-17-12-16(2)23(18(11-15)13-17)30-22(31-32-23,19(24)14-27)6-5-20(28)25-7-9-26-8-3-4-21(26)29/h15-19,27H,3-14H2,1-2H3,(H,25,28). The minimum absolute atomic E-state index is 0.0262. The SMILES string of the molecule is CC1CC2CC(C)C3(OOC(CCC(=O)NCCN4CCCC4=O)(C(F)CO)O3)C(C1)C2. The van der Waals surface area contributed by atoms with Crippen LogP contribution in [0, 0.1) is 23.7 Å². The van der Waals surface area contributed by atoms with Gasteiger partial charge in [-0.15, -0.1) is 0 Å². The Morgan fingerprint density at radius 1 is 1.28 bits per heavy atom. The third-order valence-corrected chi connectivity index (χ3v) is 7.84. The average molecular weight is 457 g/mol. The first-order chi connectivity index (χ1) is 15.3. The van der Waals surface area contributed by atoms with Crippen molar-refractivity contribution in [2.45, 2.75) is 83.0 Å². The van der Waals surface area contributed by atoms with E-state index >= 15 is 0 Å². The maximum Gasteiger partial charge on any atom is 0.238 e. The molecule has 4 aliphatic rings. The van der Waals surface area contributed by atoms with Crippen LogP contribution in [0.5, 0.6) is 0 Å². The van der Waals surface area contributed by atoms with Crippen LogP contribution in [0.15, 0.2) is 0 Å². The Kier molecular flexibility index (Phi) is 7.10. The van der Waals surface area contributed by atoms with E-state index in [1.165, 1.54) is 6.42 Å². The highest BCUT2D eigenvalue weighted by atomic mass is 19.1. The molecule has 0 aromatic carbocycles. The third kappa shape index (κ3) is 4.54. The van der Waals surface area contributed by atoms with E-state index in [4.69, 9.17) is 14.5 Å². The number of alkyl halides is 1. The van der Waals surface area contributed by atoms with E-state index in [1.54, 1.807) is 4.90 Å². The molecule has 0 aromatic rings. The summed E-state index contributed by atoms with van der Waals surface area (Å²) in [5.41, 5.74) is 0. The van der Waals surface area contributed by atoms with E-state index < -0.39 is 24.4 Å². The van der Waals surface area contributed by atoms with Gasteiger partial charge in [-0.2, -0.15) is 9.78 Å². The van der Waals surface area contributed by atoms with Gasteiger partial charge in [0.1, 0.15) is 0 Å². The van der Waals surface area contributed by atoms with Crippen molar-refractivity contribution >= 4 is 11.8 Å². The molecule has 0 aromatic heterocycles. The van der Waals surface area contributed by atoms with Crippen LogP contribution < -0.4 is 5.32 Å². The number of likely N-dealkylation sites (tertiary alicyclic amines) is 1. The summed E-state index contributed by atoms with van der Waals surface area (Å²) in [5.74, 6) is -1.75. The van der Waals surface area contributed by atoms with Crippen molar-refractivity contribution in [3.05, 3.63) is 0 Å². The highest BCUT2D eigenvalue weighted by Crippen LogP contribution is 2.57. The van der Waals surface area contributed by atoms with Crippen molar-refractivity contribution in [2.24, 2.45) is 23.7 Å². The molecule has 182 valence electrons. The maximum atomic E-state index is 14.9. The molecule has 2 saturated heterocycles. The molecule has 7 unspecified atom stereocenters. The number of nitrogens with one attached hydrogen (secondary N) is 1. The van der Waals surface area contributed by atoms with Gasteiger partial charge in [0.15, 0.2) is 6.17 Å². The largest absolute Gasteiger partial charge is 0.393 e. The van der Waals surface area contributed by atoms with Gasteiger partial charge in [0.05, 0.1) is 6.61 Å². The predicted molar refractivity (Wildman–Crippen MR) is 113 cm³/mol. The molecule has 9 heteroatoms. The molecule has 2 aliphatic carbocycles. The Morgan fingerprint density at radius 2 is 2.09 bits per heavy atom. The van der Waals surface area contributed by atoms with Gasteiger partial charge in [0, 0.05) is 50.7 Å². The fourth-order valence-corrected chi connectivity index (χ4v) is 6.26. The Bertz CT molecular complexity index is 706. The first-order valence-corrected chi connectivity index (χ1v) is 12.1. The molecule has 4 rings (SSSR count). The number of aliphatic hydroxyl groups is 1. The van der Waals surface area contributed by atoms with Crippen molar-refractivity contribution in [1.29, 1.82) is 0 Å². The highest BCUT2D eigenvalue weighted by molar-refractivity contribution is 5.78.